The molecule has 4 nitrogen and oxygen atoms in total. The number of aryl methyl sites for hydroxylation is 1. The molecule has 0 heterocycles. The summed E-state index contributed by atoms with van der Waals surface area (Å²) in [6.45, 7) is 2.95. The van der Waals surface area contributed by atoms with Crippen LogP contribution < -0.4 is 5.32 Å². The number of rotatable bonds is 10. The number of aliphatic hydroxyl groups is 1. The third-order valence-corrected chi connectivity index (χ3v) is 3.37. The minimum absolute atomic E-state index is 0.0130. The highest BCUT2D eigenvalue weighted by atomic mass is 16.5. The van der Waals surface area contributed by atoms with Gasteiger partial charge in [0.2, 0.25) is 5.91 Å². The van der Waals surface area contributed by atoms with Gasteiger partial charge in [-0.1, -0.05) is 37.6 Å². The van der Waals surface area contributed by atoms with E-state index in [4.69, 9.17) is 4.74 Å². The quantitative estimate of drug-likeness (QED) is 0.694. The molecule has 0 aromatic heterocycles. The van der Waals surface area contributed by atoms with Gasteiger partial charge in [0.1, 0.15) is 0 Å². The predicted octanol–water partition coefficient (Wildman–Crippen LogP) is 2.09. The summed E-state index contributed by atoms with van der Waals surface area (Å²) in [5.41, 5.74) is 2.34. The number of hydrogen-bond donors (Lipinski definition) is 2. The van der Waals surface area contributed by atoms with Crippen LogP contribution in [0.3, 0.4) is 0 Å². The highest BCUT2D eigenvalue weighted by Gasteiger charge is 2.06. The second-order valence-corrected chi connectivity index (χ2v) is 5.34. The van der Waals surface area contributed by atoms with Gasteiger partial charge in [0.15, 0.2) is 0 Å². The number of methoxy groups -OCH3 is 1. The van der Waals surface area contributed by atoms with E-state index in [9.17, 15) is 9.90 Å². The topological polar surface area (TPSA) is 58.6 Å². The Morgan fingerprint density at radius 1 is 1.29 bits per heavy atom. The molecule has 2 N–H and O–H groups in total. The maximum atomic E-state index is 11.8. The van der Waals surface area contributed by atoms with Gasteiger partial charge < -0.3 is 15.2 Å². The van der Waals surface area contributed by atoms with Crippen LogP contribution >= 0.6 is 0 Å². The zero-order valence-electron chi connectivity index (χ0n) is 13.1. The second kappa shape index (κ2) is 10.4. The normalized spacial score (nSPS) is 12.1. The Kier molecular flexibility index (Phi) is 8.71. The van der Waals surface area contributed by atoms with E-state index in [2.05, 4.69) is 24.4 Å². The van der Waals surface area contributed by atoms with Crippen molar-refractivity contribution >= 4 is 5.91 Å². The van der Waals surface area contributed by atoms with Crippen molar-refractivity contribution in [2.75, 3.05) is 20.3 Å². The fraction of sp³-hybridized carbons (Fsp3) is 0.588. The van der Waals surface area contributed by atoms with Gasteiger partial charge in [0.25, 0.3) is 0 Å². The Morgan fingerprint density at radius 2 is 1.95 bits per heavy atom. The van der Waals surface area contributed by atoms with Crippen molar-refractivity contribution < 1.29 is 14.6 Å². The molecule has 1 unspecified atom stereocenters. The number of aliphatic hydroxyl groups excluding tert-OH is 1. The first-order valence-corrected chi connectivity index (χ1v) is 7.67. The van der Waals surface area contributed by atoms with Crippen molar-refractivity contribution in [2.24, 2.45) is 0 Å². The number of carbonyl (C=O) groups is 1. The molecule has 0 bridgehead atoms. The summed E-state index contributed by atoms with van der Waals surface area (Å²) in [7, 11) is 1.55. The smallest absolute Gasteiger partial charge is 0.224 e. The van der Waals surface area contributed by atoms with Crippen molar-refractivity contribution in [1.82, 2.24) is 5.32 Å². The van der Waals surface area contributed by atoms with Crippen LogP contribution in [-0.4, -0.2) is 37.4 Å². The Balaban J connectivity index is 2.27. The van der Waals surface area contributed by atoms with Crippen LogP contribution in [-0.2, 0) is 22.4 Å². The Labute approximate surface area is 127 Å². The van der Waals surface area contributed by atoms with E-state index in [1.165, 1.54) is 18.4 Å². The maximum Gasteiger partial charge on any atom is 0.224 e. The Morgan fingerprint density at radius 3 is 2.57 bits per heavy atom. The average Bonchev–Trinajstić information content (AvgIpc) is 2.47. The van der Waals surface area contributed by atoms with Crippen LogP contribution in [0, 0.1) is 0 Å². The summed E-state index contributed by atoms with van der Waals surface area (Å²) in [4.78, 5) is 11.8. The predicted molar refractivity (Wildman–Crippen MR) is 84.3 cm³/mol. The molecule has 0 aliphatic carbocycles. The van der Waals surface area contributed by atoms with E-state index in [1.807, 2.05) is 12.1 Å². The van der Waals surface area contributed by atoms with Crippen LogP contribution in [0.4, 0.5) is 0 Å². The molecule has 1 atom stereocenters. The van der Waals surface area contributed by atoms with Gasteiger partial charge in [-0.15, -0.1) is 0 Å². The maximum absolute atomic E-state index is 11.8. The minimum atomic E-state index is -0.520. The first-order chi connectivity index (χ1) is 10.2. The number of hydrogen-bond acceptors (Lipinski definition) is 3. The monoisotopic (exact) mass is 293 g/mol. The number of benzene rings is 1. The van der Waals surface area contributed by atoms with Crippen LogP contribution in [0.2, 0.25) is 0 Å². The third-order valence-electron chi connectivity index (χ3n) is 3.37. The molecule has 0 saturated carbocycles. The van der Waals surface area contributed by atoms with Gasteiger partial charge in [0.05, 0.1) is 19.1 Å². The Hall–Kier alpha value is -1.39. The van der Waals surface area contributed by atoms with Gasteiger partial charge in [-0.2, -0.15) is 0 Å². The molecule has 1 rings (SSSR count). The first kappa shape index (κ1) is 17.7. The van der Waals surface area contributed by atoms with Crippen molar-refractivity contribution in [2.45, 2.75) is 45.1 Å². The lowest BCUT2D eigenvalue weighted by Gasteiger charge is -2.10. The highest BCUT2D eigenvalue weighted by molar-refractivity contribution is 5.78. The molecule has 0 aliphatic rings. The molecule has 1 aromatic carbocycles. The summed E-state index contributed by atoms with van der Waals surface area (Å²) >= 11 is 0. The number of ether oxygens (including phenoxy) is 1. The zero-order chi connectivity index (χ0) is 15.5. The second-order valence-electron chi connectivity index (χ2n) is 5.34. The van der Waals surface area contributed by atoms with Gasteiger partial charge in [-0.05, 0) is 30.4 Å². The van der Waals surface area contributed by atoms with Crippen LogP contribution in [0.25, 0.3) is 0 Å². The van der Waals surface area contributed by atoms with E-state index in [1.54, 1.807) is 7.11 Å². The summed E-state index contributed by atoms with van der Waals surface area (Å²) in [5, 5.41) is 12.3. The lowest BCUT2D eigenvalue weighted by Crippen LogP contribution is -2.29. The van der Waals surface area contributed by atoms with E-state index in [0.29, 0.717) is 26.0 Å². The molecular formula is C17H27NO3. The average molecular weight is 293 g/mol. The summed E-state index contributed by atoms with van der Waals surface area (Å²) in [6.07, 6.45) is 3.86. The van der Waals surface area contributed by atoms with Crippen molar-refractivity contribution in [1.29, 1.82) is 0 Å². The van der Waals surface area contributed by atoms with E-state index in [0.717, 1.165) is 12.0 Å². The fourth-order valence-corrected chi connectivity index (χ4v) is 2.11. The SMILES string of the molecule is CCCCc1ccc(CC(=O)NCCC(O)COC)cc1. The Bertz CT molecular complexity index is 403. The highest BCUT2D eigenvalue weighted by Crippen LogP contribution is 2.08. The molecule has 0 spiro atoms. The van der Waals surface area contributed by atoms with E-state index >= 15 is 0 Å². The molecule has 0 aliphatic heterocycles. The summed E-state index contributed by atoms with van der Waals surface area (Å²) in [5.74, 6) is -0.0130. The van der Waals surface area contributed by atoms with Crippen LogP contribution in [0.1, 0.15) is 37.3 Å². The number of unbranched alkanes of at least 4 members (excludes halogenated alkanes) is 1. The standard InChI is InChI=1S/C17H27NO3/c1-3-4-5-14-6-8-15(9-7-14)12-17(20)18-11-10-16(19)13-21-2/h6-9,16,19H,3-5,10-13H2,1-2H3,(H,18,20). The lowest BCUT2D eigenvalue weighted by atomic mass is 10.0. The molecule has 0 fully saturated rings. The minimum Gasteiger partial charge on any atom is -0.391 e. The van der Waals surface area contributed by atoms with Crippen LogP contribution in [0.15, 0.2) is 24.3 Å². The molecule has 0 saturated heterocycles. The van der Waals surface area contributed by atoms with Gasteiger partial charge in [-0.3, -0.25) is 4.79 Å². The zero-order valence-corrected chi connectivity index (χ0v) is 13.1. The molecule has 4 heteroatoms. The molecular weight excluding hydrogens is 266 g/mol. The molecule has 0 radical (unpaired) electrons. The van der Waals surface area contributed by atoms with Crippen molar-refractivity contribution in [3.63, 3.8) is 0 Å². The first-order valence-electron chi connectivity index (χ1n) is 7.67. The third kappa shape index (κ3) is 7.83. The largest absolute Gasteiger partial charge is 0.391 e. The van der Waals surface area contributed by atoms with E-state index < -0.39 is 6.10 Å². The van der Waals surface area contributed by atoms with Gasteiger partial charge >= 0.3 is 0 Å². The van der Waals surface area contributed by atoms with Crippen LogP contribution in [0.5, 0.6) is 0 Å². The van der Waals surface area contributed by atoms with Crippen molar-refractivity contribution in [3.8, 4) is 0 Å². The molecule has 1 amide bonds. The summed E-state index contributed by atoms with van der Waals surface area (Å²) in [6, 6.07) is 8.23. The molecule has 1 aromatic rings. The van der Waals surface area contributed by atoms with Gasteiger partial charge in [0, 0.05) is 13.7 Å². The number of carbonyl (C=O) groups excluding carboxylic acids is 1. The molecule has 118 valence electrons. The van der Waals surface area contributed by atoms with E-state index in [-0.39, 0.29) is 5.91 Å². The fourth-order valence-electron chi connectivity index (χ4n) is 2.11. The summed E-state index contributed by atoms with van der Waals surface area (Å²) < 4.78 is 4.83. The lowest BCUT2D eigenvalue weighted by molar-refractivity contribution is -0.120. The number of nitrogens with one attached hydrogen (secondary N) is 1. The molecule has 21 heavy (non-hydrogen) atoms. The van der Waals surface area contributed by atoms with Gasteiger partial charge in [-0.25, -0.2) is 0 Å². The van der Waals surface area contributed by atoms with Crippen molar-refractivity contribution in [3.05, 3.63) is 35.4 Å². The number of amides is 1.